The number of hydrogen-bond acceptors (Lipinski definition) is 6. The minimum absolute atomic E-state index is 0.228. The first-order valence-corrected chi connectivity index (χ1v) is 13.8. The van der Waals surface area contributed by atoms with Gasteiger partial charge in [0, 0.05) is 29.1 Å². The second-order valence-electron chi connectivity index (χ2n) is 10.1. The average molecular weight is 525 g/mol. The monoisotopic (exact) mass is 524 g/mol. The van der Waals surface area contributed by atoms with Crippen molar-refractivity contribution in [2.45, 2.75) is 63.0 Å². The predicted octanol–water partition coefficient (Wildman–Crippen LogP) is 2.56. The molecule has 2 aromatic rings. The van der Waals surface area contributed by atoms with E-state index in [1.165, 1.54) is 16.7 Å². The summed E-state index contributed by atoms with van der Waals surface area (Å²) in [7, 11) is 0. The predicted molar refractivity (Wildman–Crippen MR) is 147 cm³/mol. The molecule has 2 aliphatic heterocycles. The quantitative estimate of drug-likeness (QED) is 0.401. The molecule has 0 aliphatic carbocycles. The van der Waals surface area contributed by atoms with Gasteiger partial charge in [0.2, 0.25) is 5.91 Å². The van der Waals surface area contributed by atoms with Gasteiger partial charge in [0.1, 0.15) is 6.04 Å². The second-order valence-corrected chi connectivity index (χ2v) is 11.7. The summed E-state index contributed by atoms with van der Waals surface area (Å²) in [6.45, 7) is 7.11. The molecule has 3 unspecified atom stereocenters. The van der Waals surface area contributed by atoms with Crippen molar-refractivity contribution in [2.75, 3.05) is 24.3 Å². The number of hydrogen-bond donors (Lipinski definition) is 4. The molecule has 0 aromatic heterocycles. The summed E-state index contributed by atoms with van der Waals surface area (Å²) in [5.41, 5.74) is 3.29. The molecule has 0 saturated carbocycles. The number of fused-ring (bicyclic) bond motifs is 1. The first-order chi connectivity index (χ1) is 17.7. The Morgan fingerprint density at radius 1 is 1.16 bits per heavy atom. The van der Waals surface area contributed by atoms with Crippen molar-refractivity contribution in [1.29, 1.82) is 0 Å². The van der Waals surface area contributed by atoms with Crippen molar-refractivity contribution >= 4 is 35.2 Å². The van der Waals surface area contributed by atoms with Gasteiger partial charge < -0.3 is 26.0 Å². The Morgan fingerprint density at radius 3 is 2.65 bits per heavy atom. The van der Waals surface area contributed by atoms with Gasteiger partial charge in [-0.1, -0.05) is 43.3 Å². The highest BCUT2D eigenvalue weighted by Gasteiger charge is 2.49. The van der Waals surface area contributed by atoms with E-state index in [0.717, 1.165) is 36.2 Å². The zero-order chi connectivity index (χ0) is 26.6. The van der Waals surface area contributed by atoms with Crippen LogP contribution in [0.5, 0.6) is 0 Å². The van der Waals surface area contributed by atoms with E-state index in [-0.39, 0.29) is 24.1 Å². The van der Waals surface area contributed by atoms with E-state index in [4.69, 9.17) is 0 Å². The van der Waals surface area contributed by atoms with Crippen molar-refractivity contribution in [2.24, 2.45) is 0 Å². The molecule has 2 aromatic carbocycles. The zero-order valence-electron chi connectivity index (χ0n) is 21.6. The molecule has 9 heteroatoms. The Hall–Kier alpha value is -3.04. The van der Waals surface area contributed by atoms with E-state index in [1.54, 1.807) is 6.07 Å². The number of anilines is 1. The Balaban J connectivity index is 1.58. The first-order valence-electron chi connectivity index (χ1n) is 12.8. The van der Waals surface area contributed by atoms with Crippen molar-refractivity contribution in [3.63, 3.8) is 0 Å². The van der Waals surface area contributed by atoms with Gasteiger partial charge in [-0.3, -0.25) is 14.4 Å². The number of carbonyl (C=O) groups excluding carboxylic acids is 3. The lowest BCUT2D eigenvalue weighted by atomic mass is 9.96. The van der Waals surface area contributed by atoms with Gasteiger partial charge in [0.05, 0.1) is 11.9 Å². The molecule has 37 heavy (non-hydrogen) atoms. The normalized spacial score (nSPS) is 19.5. The lowest BCUT2D eigenvalue weighted by Crippen LogP contribution is -2.58. The maximum absolute atomic E-state index is 13.7. The van der Waals surface area contributed by atoms with Crippen molar-refractivity contribution in [3.05, 3.63) is 65.2 Å². The van der Waals surface area contributed by atoms with Gasteiger partial charge in [-0.05, 0) is 56.4 Å². The largest absolute Gasteiger partial charge is 0.384 e. The topological polar surface area (TPSA) is 111 Å². The minimum Gasteiger partial charge on any atom is -0.384 e. The molecule has 0 radical (unpaired) electrons. The summed E-state index contributed by atoms with van der Waals surface area (Å²) in [6, 6.07) is 13.4. The third-order valence-electron chi connectivity index (χ3n) is 6.99. The highest BCUT2D eigenvalue weighted by Crippen LogP contribution is 2.40. The Bertz CT molecular complexity index is 1140. The molecule has 1 fully saturated rings. The maximum Gasteiger partial charge on any atom is 0.254 e. The van der Waals surface area contributed by atoms with Gasteiger partial charge in [0.15, 0.2) is 6.10 Å². The lowest BCUT2D eigenvalue weighted by molar-refractivity contribution is -0.147. The number of nitrogens with one attached hydrogen (secondary N) is 3. The average Bonchev–Trinajstić information content (AvgIpc) is 3.50. The molecule has 2 aliphatic rings. The van der Waals surface area contributed by atoms with Gasteiger partial charge in [0.25, 0.3) is 11.8 Å². The van der Waals surface area contributed by atoms with Crippen LogP contribution in [0.3, 0.4) is 0 Å². The van der Waals surface area contributed by atoms with E-state index < -0.39 is 28.8 Å². The van der Waals surface area contributed by atoms with E-state index in [9.17, 15) is 19.5 Å². The molecule has 2 heterocycles. The van der Waals surface area contributed by atoms with Crippen LogP contribution in [-0.4, -0.2) is 69.6 Å². The molecule has 3 amide bonds. The Labute approximate surface area is 222 Å². The molecule has 198 valence electrons. The lowest BCUT2D eigenvalue weighted by Gasteiger charge is -2.33. The van der Waals surface area contributed by atoms with Crippen LogP contribution in [0.4, 0.5) is 5.69 Å². The van der Waals surface area contributed by atoms with Gasteiger partial charge >= 0.3 is 0 Å². The van der Waals surface area contributed by atoms with Crippen LogP contribution in [-0.2, 0) is 22.4 Å². The summed E-state index contributed by atoms with van der Waals surface area (Å²) < 4.78 is -0.511. The molecule has 8 nitrogen and oxygen atoms in total. The molecule has 1 saturated heterocycles. The molecule has 0 bridgehead atoms. The number of carbonyl (C=O) groups is 3. The van der Waals surface area contributed by atoms with Crippen LogP contribution in [0.2, 0.25) is 0 Å². The summed E-state index contributed by atoms with van der Waals surface area (Å²) in [5, 5.41) is 20.5. The number of aliphatic hydroxyl groups excluding tert-OH is 1. The fraction of sp³-hybridized carbons (Fsp3) is 0.464. The van der Waals surface area contributed by atoms with Gasteiger partial charge in [-0.15, -0.1) is 11.8 Å². The first kappa shape index (κ1) is 27.0. The summed E-state index contributed by atoms with van der Waals surface area (Å²) in [6.07, 6.45) is 0.268. The van der Waals surface area contributed by atoms with E-state index >= 15 is 0 Å². The number of thioether (sulfide) groups is 1. The van der Waals surface area contributed by atoms with Crippen LogP contribution in [0.25, 0.3) is 0 Å². The Morgan fingerprint density at radius 2 is 1.92 bits per heavy atom. The molecule has 0 spiro atoms. The van der Waals surface area contributed by atoms with Crippen molar-refractivity contribution in [1.82, 2.24) is 15.5 Å². The van der Waals surface area contributed by atoms with Gasteiger partial charge in [-0.2, -0.15) is 0 Å². The molecule has 4 rings (SSSR count). The summed E-state index contributed by atoms with van der Waals surface area (Å²) >= 11 is 1.50. The zero-order valence-corrected chi connectivity index (χ0v) is 22.4. The van der Waals surface area contributed by atoms with Crippen LogP contribution in [0.1, 0.15) is 48.7 Å². The summed E-state index contributed by atoms with van der Waals surface area (Å²) in [4.78, 5) is 41.6. The van der Waals surface area contributed by atoms with Crippen LogP contribution >= 0.6 is 11.8 Å². The molecular weight excluding hydrogens is 488 g/mol. The highest BCUT2D eigenvalue weighted by molar-refractivity contribution is 8.00. The third-order valence-corrected chi connectivity index (χ3v) is 8.36. The SMILES string of the molecule is CCCNC(=O)C1N(C(=O)C(O)C(Cc2ccccc2)NC(=O)c2cccc3c2CCN3)CSC1(C)C. The smallest absolute Gasteiger partial charge is 0.254 e. The van der Waals surface area contributed by atoms with Crippen molar-refractivity contribution in [3.8, 4) is 0 Å². The van der Waals surface area contributed by atoms with E-state index in [1.807, 2.05) is 63.2 Å². The third kappa shape index (κ3) is 5.93. The second kappa shape index (κ2) is 11.6. The molecule has 4 N–H and O–H groups in total. The van der Waals surface area contributed by atoms with Crippen LogP contribution in [0, 0.1) is 0 Å². The standard InChI is InChI=1S/C28H36N4O4S/c1-4-14-30-26(35)24-28(2,3)37-17-32(24)27(36)23(33)22(16-18-9-6-5-7-10-18)31-25(34)20-11-8-12-21-19(20)13-15-29-21/h5-12,22-24,29,33H,4,13-17H2,1-3H3,(H,30,35)(H,31,34). The van der Waals surface area contributed by atoms with Gasteiger partial charge in [-0.25, -0.2) is 0 Å². The van der Waals surface area contributed by atoms with Crippen LogP contribution < -0.4 is 16.0 Å². The fourth-order valence-corrected chi connectivity index (χ4v) is 6.15. The number of rotatable bonds is 9. The fourth-order valence-electron chi connectivity index (χ4n) is 5.01. The van der Waals surface area contributed by atoms with Crippen molar-refractivity contribution < 1.29 is 19.5 Å². The Kier molecular flexibility index (Phi) is 8.44. The number of aliphatic hydroxyl groups is 1. The van der Waals surface area contributed by atoms with E-state index in [0.29, 0.717) is 12.1 Å². The number of amides is 3. The molecule has 3 atom stereocenters. The summed E-state index contributed by atoms with van der Waals surface area (Å²) in [5.74, 6) is -0.831. The van der Waals surface area contributed by atoms with Crippen LogP contribution in [0.15, 0.2) is 48.5 Å². The minimum atomic E-state index is -1.52. The highest BCUT2D eigenvalue weighted by atomic mass is 32.2. The molecular formula is C28H36N4O4S. The number of benzene rings is 2. The maximum atomic E-state index is 13.7. The number of nitrogens with zero attached hydrogens (tertiary/aromatic N) is 1. The van der Waals surface area contributed by atoms with E-state index in [2.05, 4.69) is 16.0 Å².